The van der Waals surface area contributed by atoms with Crippen molar-refractivity contribution in [3.63, 3.8) is 0 Å². The Morgan fingerprint density at radius 3 is 2.88 bits per heavy atom. The summed E-state index contributed by atoms with van der Waals surface area (Å²) in [5.41, 5.74) is 0.330. The Hall–Kier alpha value is -1.63. The molecular weight excluding hydrogens is 316 g/mol. The summed E-state index contributed by atoms with van der Waals surface area (Å²) in [6.07, 6.45) is 7.53. The number of hydrogen-bond acceptors (Lipinski definition) is 4. The molecule has 2 heterocycles. The van der Waals surface area contributed by atoms with Gasteiger partial charge in [-0.15, -0.1) is 0 Å². The second-order valence-corrected chi connectivity index (χ2v) is 7.62. The van der Waals surface area contributed by atoms with Crippen LogP contribution < -0.4 is 10.6 Å². The molecule has 3 atom stereocenters. The Kier molecular flexibility index (Phi) is 4.43. The molecule has 7 nitrogen and oxygen atoms in total. The number of aromatic nitrogens is 3. The third-order valence-electron chi connectivity index (χ3n) is 6.26. The first-order valence-corrected chi connectivity index (χ1v) is 9.69. The van der Waals surface area contributed by atoms with Gasteiger partial charge >= 0.3 is 0 Å². The molecule has 0 saturated heterocycles. The van der Waals surface area contributed by atoms with Crippen LogP contribution in [0.25, 0.3) is 0 Å². The predicted octanol–water partition coefficient (Wildman–Crippen LogP) is 1.93. The number of fused-ring (bicyclic) bond motifs is 1. The summed E-state index contributed by atoms with van der Waals surface area (Å²) in [7, 11) is 1.85. The van der Waals surface area contributed by atoms with Gasteiger partial charge in [-0.25, -0.2) is 9.67 Å². The van der Waals surface area contributed by atoms with Gasteiger partial charge in [-0.05, 0) is 46.0 Å². The van der Waals surface area contributed by atoms with E-state index in [1.807, 2.05) is 18.7 Å². The Bertz CT molecular complexity index is 650. The molecule has 3 aliphatic rings. The minimum Gasteiger partial charge on any atom is -0.378 e. The summed E-state index contributed by atoms with van der Waals surface area (Å²) in [6.45, 7) is 5.82. The highest BCUT2D eigenvalue weighted by molar-refractivity contribution is 5.80. The molecule has 2 fully saturated rings. The summed E-state index contributed by atoms with van der Waals surface area (Å²) in [6, 6.07) is 0.647. The molecule has 0 amide bonds. The summed E-state index contributed by atoms with van der Waals surface area (Å²) < 4.78 is 7.99. The van der Waals surface area contributed by atoms with E-state index < -0.39 is 0 Å². The molecule has 1 aromatic rings. The Morgan fingerprint density at radius 1 is 1.36 bits per heavy atom. The first-order valence-electron chi connectivity index (χ1n) is 9.69. The highest BCUT2D eigenvalue weighted by Crippen LogP contribution is 2.57. The molecule has 7 heteroatoms. The number of aryl methyl sites for hydroxylation is 2. The van der Waals surface area contributed by atoms with Crippen LogP contribution in [0, 0.1) is 12.3 Å². The van der Waals surface area contributed by atoms with E-state index in [9.17, 15) is 0 Å². The van der Waals surface area contributed by atoms with Crippen molar-refractivity contribution in [2.45, 2.75) is 77.1 Å². The van der Waals surface area contributed by atoms with Crippen molar-refractivity contribution >= 4 is 5.96 Å². The van der Waals surface area contributed by atoms with Gasteiger partial charge < -0.3 is 15.4 Å². The minimum atomic E-state index is 0.182. The van der Waals surface area contributed by atoms with E-state index in [4.69, 9.17) is 4.74 Å². The van der Waals surface area contributed by atoms with Crippen LogP contribution >= 0.6 is 0 Å². The topological polar surface area (TPSA) is 76.4 Å². The van der Waals surface area contributed by atoms with Crippen LogP contribution in [0.2, 0.25) is 0 Å². The van der Waals surface area contributed by atoms with Crippen molar-refractivity contribution in [2.24, 2.45) is 10.4 Å². The molecule has 4 rings (SSSR count). The average molecular weight is 346 g/mol. The number of rotatable bonds is 4. The van der Waals surface area contributed by atoms with Gasteiger partial charge in [0.05, 0.1) is 12.1 Å². The second-order valence-electron chi connectivity index (χ2n) is 7.62. The van der Waals surface area contributed by atoms with Crippen LogP contribution in [-0.2, 0) is 11.3 Å². The van der Waals surface area contributed by atoms with E-state index in [1.165, 1.54) is 19.3 Å². The van der Waals surface area contributed by atoms with Gasteiger partial charge in [-0.3, -0.25) is 4.99 Å². The molecule has 2 aliphatic carbocycles. The van der Waals surface area contributed by atoms with E-state index in [1.54, 1.807) is 0 Å². The minimum absolute atomic E-state index is 0.182. The highest BCUT2D eigenvalue weighted by atomic mass is 16.5. The molecule has 25 heavy (non-hydrogen) atoms. The normalized spacial score (nSPS) is 30.4. The molecule has 138 valence electrons. The number of nitrogens with zero attached hydrogens (tertiary/aromatic N) is 4. The molecule has 1 aromatic heterocycles. The highest BCUT2D eigenvalue weighted by Gasteiger charge is 2.59. The fourth-order valence-electron chi connectivity index (χ4n) is 4.75. The van der Waals surface area contributed by atoms with E-state index >= 15 is 0 Å². The zero-order valence-electron chi connectivity index (χ0n) is 15.6. The molecule has 0 aromatic carbocycles. The molecule has 2 N–H and O–H groups in total. The number of aliphatic imine (C=N–C) groups is 1. The number of nitrogens with one attached hydrogen (secondary N) is 2. The lowest BCUT2D eigenvalue weighted by Crippen LogP contribution is -2.68. The largest absolute Gasteiger partial charge is 0.378 e. The van der Waals surface area contributed by atoms with E-state index in [0.29, 0.717) is 17.6 Å². The Labute approximate surface area is 149 Å². The third kappa shape index (κ3) is 2.82. The first kappa shape index (κ1) is 16.8. The van der Waals surface area contributed by atoms with Crippen LogP contribution in [0.4, 0.5) is 0 Å². The Morgan fingerprint density at radius 2 is 2.20 bits per heavy atom. The lowest BCUT2D eigenvalue weighted by Gasteiger charge is -2.61. The van der Waals surface area contributed by atoms with E-state index in [2.05, 4.69) is 32.6 Å². The van der Waals surface area contributed by atoms with Crippen LogP contribution in [0.15, 0.2) is 4.99 Å². The van der Waals surface area contributed by atoms with Gasteiger partial charge in [0.1, 0.15) is 11.6 Å². The summed E-state index contributed by atoms with van der Waals surface area (Å²) in [4.78, 5) is 9.09. The van der Waals surface area contributed by atoms with Gasteiger partial charge in [-0.2, -0.15) is 5.10 Å². The van der Waals surface area contributed by atoms with Gasteiger partial charge in [0, 0.05) is 31.7 Å². The maximum absolute atomic E-state index is 5.96. The standard InChI is InChI=1S/C18H30N6O/c1-4-25-15-11-14(18(15)8-6-9-18)22-17(19-3)21-13-7-5-10-24-16(13)20-12(2)23-24/h13-15H,4-11H2,1-3H3,(H2,19,21,22). The molecule has 0 bridgehead atoms. The Balaban J connectivity index is 1.41. The van der Waals surface area contributed by atoms with Gasteiger partial charge in [0.25, 0.3) is 0 Å². The van der Waals surface area contributed by atoms with Crippen LogP contribution in [-0.4, -0.2) is 46.5 Å². The fraction of sp³-hybridized carbons (Fsp3) is 0.833. The molecule has 0 radical (unpaired) electrons. The first-order chi connectivity index (χ1) is 12.2. The number of ether oxygens (including phenoxy) is 1. The molecule has 1 aliphatic heterocycles. The lowest BCUT2D eigenvalue weighted by molar-refractivity contribution is -0.168. The van der Waals surface area contributed by atoms with Crippen molar-refractivity contribution in [1.82, 2.24) is 25.4 Å². The maximum Gasteiger partial charge on any atom is 0.191 e. The molecule has 3 unspecified atom stereocenters. The van der Waals surface area contributed by atoms with Crippen LogP contribution in [0.1, 0.15) is 63.1 Å². The summed E-state index contributed by atoms with van der Waals surface area (Å²) in [5, 5.41) is 11.7. The quantitative estimate of drug-likeness (QED) is 0.644. The smallest absolute Gasteiger partial charge is 0.191 e. The SMILES string of the molecule is CCOC1CC(NC(=NC)NC2CCCn3nc(C)nc32)C12CCC2. The van der Waals surface area contributed by atoms with Crippen molar-refractivity contribution < 1.29 is 4.74 Å². The number of guanidine groups is 1. The molecule has 2 saturated carbocycles. The van der Waals surface area contributed by atoms with Gasteiger partial charge in [0.2, 0.25) is 0 Å². The zero-order valence-corrected chi connectivity index (χ0v) is 15.6. The summed E-state index contributed by atoms with van der Waals surface area (Å²) >= 11 is 0. The fourth-order valence-corrected chi connectivity index (χ4v) is 4.75. The van der Waals surface area contributed by atoms with Crippen molar-refractivity contribution in [2.75, 3.05) is 13.7 Å². The maximum atomic E-state index is 5.96. The zero-order chi connectivity index (χ0) is 17.4. The van der Waals surface area contributed by atoms with E-state index in [-0.39, 0.29) is 6.04 Å². The lowest BCUT2D eigenvalue weighted by atomic mass is 9.51. The third-order valence-corrected chi connectivity index (χ3v) is 6.26. The van der Waals surface area contributed by atoms with Crippen molar-refractivity contribution in [3.05, 3.63) is 11.6 Å². The van der Waals surface area contributed by atoms with Crippen molar-refractivity contribution in [3.8, 4) is 0 Å². The molecular formula is C18H30N6O. The van der Waals surface area contributed by atoms with E-state index in [0.717, 1.165) is 50.0 Å². The van der Waals surface area contributed by atoms with Gasteiger partial charge in [0.15, 0.2) is 5.96 Å². The monoisotopic (exact) mass is 346 g/mol. The average Bonchev–Trinajstić information content (AvgIpc) is 2.92. The second kappa shape index (κ2) is 6.59. The number of hydrogen-bond donors (Lipinski definition) is 2. The molecule has 1 spiro atoms. The van der Waals surface area contributed by atoms with Crippen molar-refractivity contribution in [1.29, 1.82) is 0 Å². The predicted molar refractivity (Wildman–Crippen MR) is 96.5 cm³/mol. The van der Waals surface area contributed by atoms with Crippen LogP contribution in [0.3, 0.4) is 0 Å². The van der Waals surface area contributed by atoms with Gasteiger partial charge in [-0.1, -0.05) is 6.42 Å². The van der Waals surface area contributed by atoms with Crippen LogP contribution in [0.5, 0.6) is 0 Å². The summed E-state index contributed by atoms with van der Waals surface area (Å²) in [5.74, 6) is 2.76.